The largest absolute Gasteiger partial charge is 0.524 e. The molecule has 0 aliphatic carbocycles. The van der Waals surface area contributed by atoms with Crippen LogP contribution in [0.25, 0.3) is 22.0 Å². The van der Waals surface area contributed by atoms with Crippen LogP contribution in [0.1, 0.15) is 0 Å². The van der Waals surface area contributed by atoms with Gasteiger partial charge in [-0.25, -0.2) is 4.57 Å². The van der Waals surface area contributed by atoms with Crippen molar-refractivity contribution in [2.75, 3.05) is 0 Å². The van der Waals surface area contributed by atoms with Gasteiger partial charge in [0.15, 0.2) is 5.75 Å². The van der Waals surface area contributed by atoms with Gasteiger partial charge >= 0.3 is 7.82 Å². The average Bonchev–Trinajstić information content (AvgIpc) is 2.49. The smallest absolute Gasteiger partial charge is 0.402 e. The maximum atomic E-state index is 11.1. The van der Waals surface area contributed by atoms with Crippen molar-refractivity contribution in [2.45, 2.75) is 0 Å². The normalized spacial score (nSPS) is 11.7. The highest BCUT2D eigenvalue weighted by Gasteiger charge is 2.20. The Hall–Kier alpha value is -1.62. The van der Waals surface area contributed by atoms with Crippen LogP contribution in [-0.4, -0.2) is 14.8 Å². The summed E-state index contributed by atoms with van der Waals surface area (Å²) in [6.07, 6.45) is 1.50. The lowest BCUT2D eigenvalue weighted by molar-refractivity contribution is 0.284. The predicted octanol–water partition coefficient (Wildman–Crippen LogP) is 4.68. The Kier molecular flexibility index (Phi) is 4.32. The van der Waals surface area contributed by atoms with E-state index in [1.165, 1.54) is 18.3 Å². The predicted molar refractivity (Wildman–Crippen MR) is 89.9 cm³/mol. The van der Waals surface area contributed by atoms with Crippen molar-refractivity contribution in [3.63, 3.8) is 0 Å². The molecular formula is C15H10Cl2NO4P. The van der Waals surface area contributed by atoms with E-state index in [4.69, 9.17) is 37.5 Å². The SMILES string of the molecule is O=P(O)(O)Oc1ccc(Cl)c2c(-c3ccccc3Cl)ccnc12. The van der Waals surface area contributed by atoms with Gasteiger partial charge in [-0.05, 0) is 29.8 Å². The van der Waals surface area contributed by atoms with Crippen LogP contribution in [0.4, 0.5) is 0 Å². The Morgan fingerprint density at radius 1 is 0.957 bits per heavy atom. The molecular weight excluding hydrogens is 360 g/mol. The number of phosphoric acid groups is 1. The number of hydrogen-bond donors (Lipinski definition) is 2. The number of hydrogen-bond acceptors (Lipinski definition) is 3. The van der Waals surface area contributed by atoms with Crippen molar-refractivity contribution in [1.82, 2.24) is 4.98 Å². The van der Waals surface area contributed by atoms with Crippen LogP contribution in [0.2, 0.25) is 10.0 Å². The molecule has 2 N–H and O–H groups in total. The summed E-state index contributed by atoms with van der Waals surface area (Å²) in [5.74, 6) is -0.0494. The number of phosphoric ester groups is 1. The fourth-order valence-electron chi connectivity index (χ4n) is 2.31. The Bertz CT molecular complexity index is 942. The first-order chi connectivity index (χ1) is 10.9. The molecule has 1 aromatic heterocycles. The fourth-order valence-corrected chi connectivity index (χ4v) is 3.20. The third-order valence-corrected chi connectivity index (χ3v) is 4.26. The van der Waals surface area contributed by atoms with Gasteiger partial charge in [0.1, 0.15) is 5.52 Å². The van der Waals surface area contributed by atoms with Crippen LogP contribution in [0, 0.1) is 0 Å². The summed E-state index contributed by atoms with van der Waals surface area (Å²) in [6.45, 7) is 0. The second kappa shape index (κ2) is 6.11. The van der Waals surface area contributed by atoms with Crippen molar-refractivity contribution < 1.29 is 18.9 Å². The van der Waals surface area contributed by atoms with Crippen LogP contribution in [-0.2, 0) is 4.57 Å². The van der Waals surface area contributed by atoms with Gasteiger partial charge in [-0.2, -0.15) is 0 Å². The minimum Gasteiger partial charge on any atom is -0.402 e. The van der Waals surface area contributed by atoms with Crippen molar-refractivity contribution in [1.29, 1.82) is 0 Å². The molecule has 5 nitrogen and oxygen atoms in total. The van der Waals surface area contributed by atoms with Gasteiger partial charge in [0.2, 0.25) is 0 Å². The van der Waals surface area contributed by atoms with Crippen LogP contribution in [0.15, 0.2) is 48.7 Å². The molecule has 118 valence electrons. The monoisotopic (exact) mass is 369 g/mol. The number of aromatic nitrogens is 1. The van der Waals surface area contributed by atoms with E-state index in [9.17, 15) is 4.57 Å². The molecule has 0 bridgehead atoms. The molecule has 3 rings (SSSR count). The van der Waals surface area contributed by atoms with E-state index in [1.807, 2.05) is 12.1 Å². The Morgan fingerprint density at radius 2 is 1.70 bits per heavy atom. The molecule has 0 saturated carbocycles. The minimum atomic E-state index is -4.71. The molecule has 8 heteroatoms. The summed E-state index contributed by atoms with van der Waals surface area (Å²) in [6, 6.07) is 11.8. The zero-order valence-electron chi connectivity index (χ0n) is 11.5. The van der Waals surface area contributed by atoms with Gasteiger partial charge in [-0.3, -0.25) is 14.8 Å². The molecule has 0 saturated heterocycles. The quantitative estimate of drug-likeness (QED) is 0.655. The van der Waals surface area contributed by atoms with Crippen LogP contribution in [0.5, 0.6) is 5.75 Å². The van der Waals surface area contributed by atoms with Crippen molar-refractivity contribution in [3.05, 3.63) is 58.7 Å². The highest BCUT2D eigenvalue weighted by Crippen LogP contribution is 2.44. The average molecular weight is 370 g/mol. The Labute approximate surface area is 141 Å². The summed E-state index contributed by atoms with van der Waals surface area (Å²) in [7, 11) is -4.71. The molecule has 0 fully saturated rings. The molecule has 0 unspecified atom stereocenters. The summed E-state index contributed by atoms with van der Waals surface area (Å²) in [5.41, 5.74) is 1.68. The van der Waals surface area contributed by atoms with Gasteiger partial charge in [0, 0.05) is 22.2 Å². The fraction of sp³-hybridized carbons (Fsp3) is 0. The lowest BCUT2D eigenvalue weighted by atomic mass is 10.0. The first-order valence-electron chi connectivity index (χ1n) is 6.44. The van der Waals surface area contributed by atoms with Crippen molar-refractivity contribution in [3.8, 4) is 16.9 Å². The summed E-state index contributed by atoms with van der Waals surface area (Å²) in [4.78, 5) is 22.2. The van der Waals surface area contributed by atoms with E-state index in [1.54, 1.807) is 18.2 Å². The molecule has 0 atom stereocenters. The van der Waals surface area contributed by atoms with Crippen molar-refractivity contribution >= 4 is 41.9 Å². The third-order valence-electron chi connectivity index (χ3n) is 3.19. The molecule has 0 amide bonds. The van der Waals surface area contributed by atoms with Gasteiger partial charge in [0.25, 0.3) is 0 Å². The number of halogens is 2. The lowest BCUT2D eigenvalue weighted by Crippen LogP contribution is -1.94. The van der Waals surface area contributed by atoms with E-state index in [0.717, 1.165) is 5.56 Å². The number of nitrogens with zero attached hydrogens (tertiary/aromatic N) is 1. The molecule has 0 spiro atoms. The van der Waals surface area contributed by atoms with Crippen LogP contribution >= 0.6 is 31.0 Å². The number of fused-ring (bicyclic) bond motifs is 1. The highest BCUT2D eigenvalue weighted by molar-refractivity contribution is 7.46. The van der Waals surface area contributed by atoms with E-state index in [-0.39, 0.29) is 11.3 Å². The third kappa shape index (κ3) is 3.34. The molecule has 2 aromatic carbocycles. The minimum absolute atomic E-state index is 0.0494. The maximum absolute atomic E-state index is 11.1. The zero-order chi connectivity index (χ0) is 16.6. The first kappa shape index (κ1) is 16.2. The van der Waals surface area contributed by atoms with Crippen LogP contribution in [0.3, 0.4) is 0 Å². The lowest BCUT2D eigenvalue weighted by Gasteiger charge is -2.13. The second-order valence-electron chi connectivity index (χ2n) is 4.69. The topological polar surface area (TPSA) is 79.7 Å². The number of pyridine rings is 1. The van der Waals surface area contributed by atoms with Gasteiger partial charge < -0.3 is 4.52 Å². The summed E-state index contributed by atoms with van der Waals surface area (Å²) in [5, 5.41) is 1.41. The van der Waals surface area contributed by atoms with E-state index < -0.39 is 7.82 Å². The standard InChI is InChI=1S/C15H10Cl2NO4P/c16-11-4-2-1-3-9(11)10-7-8-18-15-13(22-23(19,20)21)6-5-12(17)14(10)15/h1-8H,(H2,19,20,21). The molecule has 0 aliphatic heterocycles. The van der Waals surface area contributed by atoms with Crippen LogP contribution < -0.4 is 4.52 Å². The molecule has 0 aliphatic rings. The molecule has 23 heavy (non-hydrogen) atoms. The van der Waals surface area contributed by atoms with Gasteiger partial charge in [0.05, 0.1) is 5.02 Å². The van der Waals surface area contributed by atoms with Gasteiger partial charge in [-0.1, -0.05) is 41.4 Å². The van der Waals surface area contributed by atoms with E-state index in [0.29, 0.717) is 21.0 Å². The molecule has 3 aromatic rings. The molecule has 1 heterocycles. The highest BCUT2D eigenvalue weighted by atomic mass is 35.5. The van der Waals surface area contributed by atoms with Crippen molar-refractivity contribution in [2.24, 2.45) is 0 Å². The number of rotatable bonds is 3. The summed E-state index contributed by atoms with van der Waals surface area (Å²) >= 11 is 12.5. The van der Waals surface area contributed by atoms with E-state index >= 15 is 0 Å². The second-order valence-corrected chi connectivity index (χ2v) is 6.67. The summed E-state index contributed by atoms with van der Waals surface area (Å²) < 4.78 is 15.8. The Balaban J connectivity index is 2.32. The Morgan fingerprint density at radius 3 is 2.39 bits per heavy atom. The molecule has 0 radical (unpaired) electrons. The van der Waals surface area contributed by atoms with E-state index in [2.05, 4.69) is 4.98 Å². The van der Waals surface area contributed by atoms with Gasteiger partial charge in [-0.15, -0.1) is 0 Å². The zero-order valence-corrected chi connectivity index (χ0v) is 13.9. The first-order valence-corrected chi connectivity index (χ1v) is 8.73. The maximum Gasteiger partial charge on any atom is 0.524 e. The number of benzene rings is 2.